The molecule has 1 aromatic heterocycles. The molecule has 2 aromatic rings. The first-order chi connectivity index (χ1) is 14.1. The van der Waals surface area contributed by atoms with Gasteiger partial charge in [-0.15, -0.1) is 11.3 Å². The highest BCUT2D eigenvalue weighted by Gasteiger charge is 2.48. The number of fused-ring (bicyclic) bond motifs is 1. The van der Waals surface area contributed by atoms with Gasteiger partial charge in [-0.3, -0.25) is 14.4 Å². The van der Waals surface area contributed by atoms with Gasteiger partial charge in [0.05, 0.1) is 11.0 Å². The third-order valence-electron chi connectivity index (χ3n) is 5.14. The van der Waals surface area contributed by atoms with Crippen LogP contribution in [0.25, 0.3) is 0 Å². The molecule has 1 aromatic carbocycles. The summed E-state index contributed by atoms with van der Waals surface area (Å²) in [5, 5.41) is 4.71. The number of thiophene rings is 1. The Balaban J connectivity index is 1.45. The van der Waals surface area contributed by atoms with E-state index in [0.717, 1.165) is 11.3 Å². The highest BCUT2D eigenvalue weighted by molar-refractivity contribution is 7.98. The van der Waals surface area contributed by atoms with Crippen LogP contribution in [-0.2, 0) is 20.1 Å². The van der Waals surface area contributed by atoms with Gasteiger partial charge in [0.2, 0.25) is 5.91 Å². The third kappa shape index (κ3) is 4.55. The molecule has 3 heterocycles. The fourth-order valence-electron chi connectivity index (χ4n) is 3.72. The lowest BCUT2D eigenvalue weighted by molar-refractivity contribution is -0.137. The molecular weight excluding hydrogens is 408 g/mol. The standard InChI is InChI=1S/C21H22N2O4S2/c24-16-11-27-17-8-9-23(19(16)17)21(26)15(22-20(25)18-7-4-10-29-18)13-28-12-14-5-2-1-3-6-14/h1-7,10,15,17,19H,8-9,11-13H2,(H,22,25). The van der Waals surface area contributed by atoms with Crippen LogP contribution in [0.2, 0.25) is 0 Å². The molecule has 2 saturated heterocycles. The predicted octanol–water partition coefficient (Wildman–Crippen LogP) is 2.35. The first-order valence-electron chi connectivity index (χ1n) is 9.54. The monoisotopic (exact) mass is 430 g/mol. The molecule has 2 amide bonds. The van der Waals surface area contributed by atoms with E-state index in [4.69, 9.17) is 4.74 Å². The number of ether oxygens (including phenoxy) is 1. The number of carbonyl (C=O) groups is 3. The van der Waals surface area contributed by atoms with Crippen molar-refractivity contribution in [3.8, 4) is 0 Å². The zero-order valence-corrected chi connectivity index (χ0v) is 17.4. The van der Waals surface area contributed by atoms with Crippen LogP contribution < -0.4 is 5.32 Å². The maximum atomic E-state index is 13.3. The molecule has 2 fully saturated rings. The second kappa shape index (κ2) is 9.11. The lowest BCUT2D eigenvalue weighted by Gasteiger charge is -2.27. The first-order valence-corrected chi connectivity index (χ1v) is 11.6. The van der Waals surface area contributed by atoms with Gasteiger partial charge >= 0.3 is 0 Å². The van der Waals surface area contributed by atoms with Crippen LogP contribution in [0.1, 0.15) is 21.7 Å². The summed E-state index contributed by atoms with van der Waals surface area (Å²) >= 11 is 2.93. The number of ketones is 1. The maximum absolute atomic E-state index is 13.3. The van der Waals surface area contributed by atoms with Crippen molar-refractivity contribution in [3.63, 3.8) is 0 Å². The number of nitrogens with zero attached hydrogens (tertiary/aromatic N) is 1. The smallest absolute Gasteiger partial charge is 0.262 e. The number of rotatable bonds is 7. The van der Waals surface area contributed by atoms with E-state index >= 15 is 0 Å². The van der Waals surface area contributed by atoms with E-state index in [1.165, 1.54) is 11.3 Å². The van der Waals surface area contributed by atoms with Crippen molar-refractivity contribution in [2.75, 3.05) is 18.9 Å². The Labute approximate surface area is 177 Å². The fraction of sp³-hybridized carbons (Fsp3) is 0.381. The fourth-order valence-corrected chi connectivity index (χ4v) is 5.36. The average Bonchev–Trinajstić information content (AvgIpc) is 3.47. The summed E-state index contributed by atoms with van der Waals surface area (Å²) in [6.45, 7) is 0.544. The van der Waals surface area contributed by atoms with Crippen LogP contribution in [0.3, 0.4) is 0 Å². The van der Waals surface area contributed by atoms with Gasteiger partial charge in [0.1, 0.15) is 18.7 Å². The Morgan fingerprint density at radius 2 is 2.07 bits per heavy atom. The van der Waals surface area contributed by atoms with E-state index in [2.05, 4.69) is 5.32 Å². The van der Waals surface area contributed by atoms with Gasteiger partial charge in [-0.25, -0.2) is 0 Å². The summed E-state index contributed by atoms with van der Waals surface area (Å²) in [6, 6.07) is 12.3. The minimum atomic E-state index is -0.689. The molecule has 2 aliphatic heterocycles. The van der Waals surface area contributed by atoms with Crippen molar-refractivity contribution in [1.82, 2.24) is 10.2 Å². The van der Waals surface area contributed by atoms with E-state index in [1.54, 1.807) is 28.8 Å². The molecule has 2 aliphatic rings. The van der Waals surface area contributed by atoms with Crippen molar-refractivity contribution in [2.45, 2.75) is 30.4 Å². The largest absolute Gasteiger partial charge is 0.368 e. The minimum Gasteiger partial charge on any atom is -0.368 e. The molecule has 0 saturated carbocycles. The van der Waals surface area contributed by atoms with Gasteiger partial charge in [0, 0.05) is 18.1 Å². The molecule has 1 N–H and O–H groups in total. The van der Waals surface area contributed by atoms with Gasteiger partial charge in [-0.1, -0.05) is 36.4 Å². The van der Waals surface area contributed by atoms with Crippen molar-refractivity contribution in [3.05, 3.63) is 58.3 Å². The van der Waals surface area contributed by atoms with Crippen molar-refractivity contribution < 1.29 is 19.1 Å². The first kappa shape index (κ1) is 20.1. The molecule has 152 valence electrons. The Bertz CT molecular complexity index is 872. The lowest BCUT2D eigenvalue weighted by atomic mass is 10.1. The number of hydrogen-bond donors (Lipinski definition) is 1. The Morgan fingerprint density at radius 1 is 1.24 bits per heavy atom. The Morgan fingerprint density at radius 3 is 2.83 bits per heavy atom. The number of benzene rings is 1. The number of Topliss-reactive ketones (excluding diaryl/α,β-unsaturated/α-hetero) is 1. The van der Waals surface area contributed by atoms with E-state index in [1.807, 2.05) is 35.7 Å². The summed E-state index contributed by atoms with van der Waals surface area (Å²) in [6.07, 6.45) is 0.447. The lowest BCUT2D eigenvalue weighted by Crippen LogP contribution is -2.53. The van der Waals surface area contributed by atoms with Gasteiger partial charge in [-0.05, 0) is 23.4 Å². The second-order valence-corrected chi connectivity index (χ2v) is 9.06. The van der Waals surface area contributed by atoms with Crippen molar-refractivity contribution in [1.29, 1.82) is 0 Å². The molecule has 3 atom stereocenters. The number of likely N-dealkylation sites (tertiary alicyclic amines) is 1. The number of nitrogens with one attached hydrogen (secondary N) is 1. The SMILES string of the molecule is O=C(NC(CSCc1ccccc1)C(=O)N1CCC2OCC(=O)C21)c1cccs1. The molecule has 0 radical (unpaired) electrons. The molecule has 4 rings (SSSR count). The number of carbonyl (C=O) groups excluding carboxylic acids is 3. The molecule has 29 heavy (non-hydrogen) atoms. The molecule has 8 heteroatoms. The normalized spacial score (nSPS) is 21.8. The van der Waals surface area contributed by atoms with Crippen LogP contribution in [0, 0.1) is 0 Å². The van der Waals surface area contributed by atoms with Gasteiger partial charge in [0.15, 0.2) is 5.78 Å². The molecule has 0 spiro atoms. The summed E-state index contributed by atoms with van der Waals surface area (Å²) in [5.74, 6) is 0.660. The summed E-state index contributed by atoms with van der Waals surface area (Å²) < 4.78 is 5.49. The minimum absolute atomic E-state index is 0.0545. The molecule has 6 nitrogen and oxygen atoms in total. The van der Waals surface area contributed by atoms with E-state index < -0.39 is 12.1 Å². The Hall–Kier alpha value is -2.16. The van der Waals surface area contributed by atoms with Gasteiger partial charge in [0.25, 0.3) is 5.91 Å². The summed E-state index contributed by atoms with van der Waals surface area (Å²) in [4.78, 5) is 40.2. The molecule has 0 bridgehead atoms. The highest BCUT2D eigenvalue weighted by atomic mass is 32.2. The topological polar surface area (TPSA) is 75.7 Å². The number of hydrogen-bond acceptors (Lipinski definition) is 6. The van der Waals surface area contributed by atoms with E-state index in [9.17, 15) is 14.4 Å². The van der Waals surface area contributed by atoms with E-state index in [0.29, 0.717) is 23.6 Å². The highest BCUT2D eigenvalue weighted by Crippen LogP contribution is 2.28. The zero-order valence-electron chi connectivity index (χ0n) is 15.8. The number of thioether (sulfide) groups is 1. The molecule has 3 unspecified atom stereocenters. The zero-order chi connectivity index (χ0) is 20.2. The summed E-state index contributed by atoms with van der Waals surface area (Å²) in [7, 11) is 0. The van der Waals surface area contributed by atoms with Gasteiger partial charge in [-0.2, -0.15) is 11.8 Å². The second-order valence-electron chi connectivity index (χ2n) is 7.08. The van der Waals surface area contributed by atoms with Gasteiger partial charge < -0.3 is 15.0 Å². The Kier molecular flexibility index (Phi) is 6.32. The van der Waals surface area contributed by atoms with Crippen LogP contribution in [0.15, 0.2) is 47.8 Å². The number of amides is 2. The van der Waals surface area contributed by atoms with E-state index in [-0.39, 0.29) is 30.3 Å². The van der Waals surface area contributed by atoms with Crippen LogP contribution in [0.5, 0.6) is 0 Å². The summed E-state index contributed by atoms with van der Waals surface area (Å²) in [5.41, 5.74) is 1.16. The average molecular weight is 431 g/mol. The molecular formula is C21H22N2O4S2. The molecule has 0 aliphatic carbocycles. The van der Waals surface area contributed by atoms with Crippen LogP contribution in [0.4, 0.5) is 0 Å². The van der Waals surface area contributed by atoms with Crippen LogP contribution >= 0.6 is 23.1 Å². The quantitative estimate of drug-likeness (QED) is 0.730. The van der Waals surface area contributed by atoms with Crippen LogP contribution in [-0.4, -0.2) is 59.6 Å². The van der Waals surface area contributed by atoms with Crippen molar-refractivity contribution in [2.24, 2.45) is 0 Å². The maximum Gasteiger partial charge on any atom is 0.262 e. The predicted molar refractivity (Wildman–Crippen MR) is 113 cm³/mol. The third-order valence-corrected chi connectivity index (χ3v) is 7.11. The van der Waals surface area contributed by atoms with Crippen molar-refractivity contribution >= 4 is 40.7 Å².